The van der Waals surface area contributed by atoms with E-state index in [1.54, 1.807) is 0 Å². The highest BCUT2D eigenvalue weighted by molar-refractivity contribution is 5.89. The van der Waals surface area contributed by atoms with Crippen molar-refractivity contribution in [3.05, 3.63) is 0 Å². The summed E-state index contributed by atoms with van der Waals surface area (Å²) in [5, 5.41) is 37.5. The number of hydrogen-bond acceptors (Lipinski definition) is 5. The molecule has 2 atom stereocenters. The molecule has 0 radical (unpaired) electrons. The highest BCUT2D eigenvalue weighted by Gasteiger charge is 2.56. The quantitative estimate of drug-likeness (QED) is 0.373. The van der Waals surface area contributed by atoms with E-state index in [-0.39, 0.29) is 4.90 Å². The van der Waals surface area contributed by atoms with E-state index in [1.807, 2.05) is 0 Å². The molecule has 9 heteroatoms. The molecule has 18 heavy (non-hydrogen) atoms. The van der Waals surface area contributed by atoms with Crippen LogP contribution in [0.1, 0.15) is 26.7 Å². The van der Waals surface area contributed by atoms with Gasteiger partial charge >= 0.3 is 18.0 Å². The Hall–Kier alpha value is -1.87. The Morgan fingerprint density at radius 2 is 1.28 bits per heavy atom. The first-order valence-corrected chi connectivity index (χ1v) is 5.09. The molecule has 0 spiro atoms. The van der Waals surface area contributed by atoms with Crippen molar-refractivity contribution < 1.29 is 34.8 Å². The molecule has 0 saturated carbocycles. The molecule has 9 nitrogen and oxygen atoms in total. The Balaban J connectivity index is 5.93. The number of aliphatic hydroxyl groups is 2. The minimum Gasteiger partial charge on any atom is -0.478 e. The van der Waals surface area contributed by atoms with Crippen LogP contribution in [0, 0.1) is 0 Å². The van der Waals surface area contributed by atoms with Gasteiger partial charge in [-0.1, -0.05) is 13.8 Å². The van der Waals surface area contributed by atoms with Gasteiger partial charge < -0.3 is 26.2 Å². The first-order chi connectivity index (χ1) is 8.07. The second kappa shape index (κ2) is 5.19. The summed E-state index contributed by atoms with van der Waals surface area (Å²) in [6, 6.07) is -1.56. The van der Waals surface area contributed by atoms with Crippen LogP contribution in [0.5, 0.6) is 0 Å². The average Bonchev–Trinajstić information content (AvgIpc) is 2.27. The third-order valence-electron chi connectivity index (χ3n) is 2.63. The second-order valence-electron chi connectivity index (χ2n) is 3.62. The monoisotopic (exact) mass is 264 g/mol. The molecule has 0 bridgehead atoms. The standard InChI is InChI=1S/C9H16N2O7/c1-3-8(17,5(12)13)11(7(10)16)9(18,4-2)6(14)15/h17-18H,3-4H2,1-2H3,(H2,10,16)(H,12,13)(H,14,15). The zero-order chi connectivity index (χ0) is 14.7. The maximum absolute atomic E-state index is 11.2. The number of amides is 2. The highest BCUT2D eigenvalue weighted by Crippen LogP contribution is 2.28. The number of rotatable bonds is 6. The van der Waals surface area contributed by atoms with E-state index in [2.05, 4.69) is 0 Å². The van der Waals surface area contributed by atoms with Crippen molar-refractivity contribution in [3.8, 4) is 0 Å². The molecule has 0 aromatic carbocycles. The Kier molecular flexibility index (Phi) is 4.65. The van der Waals surface area contributed by atoms with Gasteiger partial charge in [0.15, 0.2) is 0 Å². The minimum absolute atomic E-state index is 0.148. The van der Waals surface area contributed by atoms with Gasteiger partial charge in [0.25, 0.3) is 0 Å². The van der Waals surface area contributed by atoms with Gasteiger partial charge in [-0.15, -0.1) is 0 Å². The van der Waals surface area contributed by atoms with Crippen LogP contribution >= 0.6 is 0 Å². The molecule has 0 aromatic heterocycles. The molecule has 0 heterocycles. The lowest BCUT2D eigenvalue weighted by molar-refractivity contribution is -0.226. The van der Waals surface area contributed by atoms with Crippen LogP contribution in [-0.4, -0.2) is 54.7 Å². The van der Waals surface area contributed by atoms with Crippen molar-refractivity contribution >= 4 is 18.0 Å². The van der Waals surface area contributed by atoms with Crippen molar-refractivity contribution in [2.75, 3.05) is 0 Å². The van der Waals surface area contributed by atoms with Crippen molar-refractivity contribution in [2.45, 2.75) is 38.1 Å². The van der Waals surface area contributed by atoms with E-state index in [0.717, 1.165) is 0 Å². The molecule has 0 rings (SSSR count). The molecule has 0 aliphatic heterocycles. The number of hydrogen-bond donors (Lipinski definition) is 5. The van der Waals surface area contributed by atoms with Gasteiger partial charge in [-0.2, -0.15) is 0 Å². The van der Waals surface area contributed by atoms with Gasteiger partial charge in [-0.3, -0.25) is 0 Å². The molecule has 6 N–H and O–H groups in total. The van der Waals surface area contributed by atoms with E-state index in [9.17, 15) is 24.6 Å². The van der Waals surface area contributed by atoms with Gasteiger partial charge in [0.1, 0.15) is 0 Å². The molecule has 0 fully saturated rings. The van der Waals surface area contributed by atoms with Crippen LogP contribution in [0.4, 0.5) is 4.79 Å². The SMILES string of the molecule is CCC(O)(C(=O)O)N(C(N)=O)C(O)(CC)C(=O)O. The molecule has 2 amide bonds. The van der Waals surface area contributed by atoms with Gasteiger partial charge in [0, 0.05) is 12.8 Å². The number of carbonyl (C=O) groups excluding carboxylic acids is 1. The summed E-state index contributed by atoms with van der Waals surface area (Å²) in [5.41, 5.74) is -0.940. The van der Waals surface area contributed by atoms with Crippen molar-refractivity contribution in [2.24, 2.45) is 5.73 Å². The smallest absolute Gasteiger partial charge is 0.357 e. The summed E-state index contributed by atoms with van der Waals surface area (Å²) >= 11 is 0. The van der Waals surface area contributed by atoms with Crippen LogP contribution in [-0.2, 0) is 9.59 Å². The molecular weight excluding hydrogens is 248 g/mol. The average molecular weight is 264 g/mol. The maximum Gasteiger partial charge on any atom is 0.357 e. The Bertz CT molecular complexity index is 344. The zero-order valence-corrected chi connectivity index (χ0v) is 9.95. The summed E-state index contributed by atoms with van der Waals surface area (Å²) in [5.74, 6) is -3.78. The number of carboxylic acids is 2. The van der Waals surface area contributed by atoms with E-state index < -0.39 is 42.3 Å². The van der Waals surface area contributed by atoms with Crippen LogP contribution in [0.15, 0.2) is 0 Å². The summed E-state index contributed by atoms with van der Waals surface area (Å²) < 4.78 is 0. The van der Waals surface area contributed by atoms with Crippen LogP contribution in [0.2, 0.25) is 0 Å². The van der Waals surface area contributed by atoms with Gasteiger partial charge in [0.05, 0.1) is 0 Å². The third kappa shape index (κ3) is 2.36. The van der Waals surface area contributed by atoms with E-state index in [4.69, 9.17) is 15.9 Å². The highest BCUT2D eigenvalue weighted by atomic mass is 16.4. The fourth-order valence-corrected chi connectivity index (χ4v) is 1.48. The van der Waals surface area contributed by atoms with Crippen molar-refractivity contribution in [1.29, 1.82) is 0 Å². The Labute approximate surface area is 102 Å². The van der Waals surface area contributed by atoms with E-state index >= 15 is 0 Å². The molecule has 104 valence electrons. The molecule has 0 aliphatic carbocycles. The van der Waals surface area contributed by atoms with Crippen molar-refractivity contribution in [3.63, 3.8) is 0 Å². The number of aliphatic carboxylic acids is 2. The predicted molar refractivity (Wildman–Crippen MR) is 57.2 cm³/mol. The molecule has 0 saturated heterocycles. The Morgan fingerprint density at radius 3 is 1.39 bits per heavy atom. The fourth-order valence-electron chi connectivity index (χ4n) is 1.48. The Morgan fingerprint density at radius 1 is 1.00 bits per heavy atom. The molecule has 0 aliphatic rings. The summed E-state index contributed by atoms with van der Waals surface area (Å²) in [4.78, 5) is 33.0. The third-order valence-corrected chi connectivity index (χ3v) is 2.63. The molecule has 0 aromatic rings. The lowest BCUT2D eigenvalue weighted by Crippen LogP contribution is -2.70. The number of urea groups is 1. The topological polar surface area (TPSA) is 161 Å². The fraction of sp³-hybridized carbons (Fsp3) is 0.667. The van der Waals surface area contributed by atoms with Gasteiger partial charge in [0.2, 0.25) is 11.4 Å². The number of nitrogens with zero attached hydrogens (tertiary/aromatic N) is 1. The first kappa shape index (κ1) is 16.1. The van der Waals surface area contributed by atoms with Crippen LogP contribution < -0.4 is 5.73 Å². The normalized spacial score (nSPS) is 17.3. The number of carboxylic acid groups (broad SMARTS) is 2. The lowest BCUT2D eigenvalue weighted by atomic mass is 10.0. The minimum atomic E-state index is -2.91. The molecular formula is C9H16N2O7. The molecule has 2 unspecified atom stereocenters. The number of carbonyl (C=O) groups is 3. The van der Waals surface area contributed by atoms with Crippen LogP contribution in [0.25, 0.3) is 0 Å². The van der Waals surface area contributed by atoms with Gasteiger partial charge in [-0.25, -0.2) is 19.3 Å². The first-order valence-electron chi connectivity index (χ1n) is 5.09. The summed E-state index contributed by atoms with van der Waals surface area (Å²) in [7, 11) is 0. The summed E-state index contributed by atoms with van der Waals surface area (Å²) in [6.07, 6.45) is -1.11. The van der Waals surface area contributed by atoms with E-state index in [0.29, 0.717) is 0 Å². The van der Waals surface area contributed by atoms with Crippen molar-refractivity contribution in [1.82, 2.24) is 4.90 Å². The largest absolute Gasteiger partial charge is 0.478 e. The van der Waals surface area contributed by atoms with Gasteiger partial charge in [-0.05, 0) is 0 Å². The maximum atomic E-state index is 11.2. The lowest BCUT2D eigenvalue weighted by Gasteiger charge is -2.42. The van der Waals surface area contributed by atoms with E-state index in [1.165, 1.54) is 13.8 Å². The number of primary amides is 1. The summed E-state index contributed by atoms with van der Waals surface area (Å²) in [6.45, 7) is 2.39. The second-order valence-corrected chi connectivity index (χ2v) is 3.62. The predicted octanol–water partition coefficient (Wildman–Crippen LogP) is -1.27. The number of nitrogens with two attached hydrogens (primary N) is 1. The van der Waals surface area contributed by atoms with Crippen LogP contribution in [0.3, 0.4) is 0 Å². The zero-order valence-electron chi connectivity index (χ0n) is 9.95.